The van der Waals surface area contributed by atoms with Gasteiger partial charge in [-0.25, -0.2) is 0 Å². The number of benzene rings is 1. The highest BCUT2D eigenvalue weighted by Crippen LogP contribution is 2.34. The van der Waals surface area contributed by atoms with Crippen molar-refractivity contribution in [2.24, 2.45) is 0 Å². The zero-order valence-corrected chi connectivity index (χ0v) is 21.3. The molecule has 3 aromatic heterocycles. The van der Waals surface area contributed by atoms with Gasteiger partial charge >= 0.3 is 6.18 Å². The van der Waals surface area contributed by atoms with Crippen LogP contribution in [0.1, 0.15) is 36.0 Å². The van der Waals surface area contributed by atoms with Gasteiger partial charge in [0, 0.05) is 36.1 Å². The average Bonchev–Trinajstić information content (AvgIpc) is 3.62. The Balaban J connectivity index is 1.40. The maximum absolute atomic E-state index is 13.6. The van der Waals surface area contributed by atoms with Crippen molar-refractivity contribution in [1.29, 1.82) is 0 Å². The third-order valence-electron chi connectivity index (χ3n) is 6.84. The van der Waals surface area contributed by atoms with Gasteiger partial charge in [-0.3, -0.25) is 4.79 Å². The van der Waals surface area contributed by atoms with E-state index in [1.807, 2.05) is 17.6 Å². The molecule has 4 aromatic rings. The van der Waals surface area contributed by atoms with Gasteiger partial charge in [0.25, 0.3) is 5.91 Å². The number of anilines is 1. The summed E-state index contributed by atoms with van der Waals surface area (Å²) in [6.45, 7) is 3.38. The van der Waals surface area contributed by atoms with Gasteiger partial charge in [-0.05, 0) is 64.2 Å². The van der Waals surface area contributed by atoms with Crippen molar-refractivity contribution in [3.05, 3.63) is 54.2 Å². The smallest absolute Gasteiger partial charge is 0.382 e. The van der Waals surface area contributed by atoms with E-state index < -0.39 is 12.7 Å². The van der Waals surface area contributed by atoms with E-state index in [1.165, 1.54) is 0 Å². The number of aromatic nitrogens is 4. The molecule has 1 saturated heterocycles. The lowest BCUT2D eigenvalue weighted by Crippen LogP contribution is -2.36. The van der Waals surface area contributed by atoms with E-state index in [4.69, 9.17) is 4.52 Å². The molecule has 0 spiro atoms. The SMILES string of the molecule is CCn1ccc(C(=O)NCc2nc(-c3cc4c(NC5CCN(C)CC5)cccc4n3CC(F)(F)F)no2)c1. The van der Waals surface area contributed by atoms with E-state index in [-0.39, 0.29) is 35.9 Å². The second kappa shape index (κ2) is 10.5. The summed E-state index contributed by atoms with van der Waals surface area (Å²) in [6, 6.07) is 8.89. The molecule has 0 unspecified atom stereocenters. The van der Waals surface area contributed by atoms with Gasteiger partial charge in [-0.2, -0.15) is 18.2 Å². The predicted molar refractivity (Wildman–Crippen MR) is 137 cm³/mol. The minimum Gasteiger partial charge on any atom is -0.382 e. The van der Waals surface area contributed by atoms with E-state index in [1.54, 1.807) is 36.7 Å². The van der Waals surface area contributed by atoms with Crippen LogP contribution in [0.5, 0.6) is 0 Å². The Morgan fingerprint density at radius 1 is 1.21 bits per heavy atom. The lowest BCUT2D eigenvalue weighted by molar-refractivity contribution is -0.139. The molecular formula is C26H30F3N7O2. The fourth-order valence-electron chi connectivity index (χ4n) is 4.78. The van der Waals surface area contributed by atoms with Crippen molar-refractivity contribution < 1.29 is 22.5 Å². The number of alkyl halides is 3. The van der Waals surface area contributed by atoms with Gasteiger partial charge in [0.05, 0.1) is 23.3 Å². The van der Waals surface area contributed by atoms with Crippen molar-refractivity contribution >= 4 is 22.5 Å². The molecule has 12 heteroatoms. The molecule has 38 heavy (non-hydrogen) atoms. The number of fused-ring (bicyclic) bond motifs is 1. The number of nitrogens with zero attached hydrogens (tertiary/aromatic N) is 5. The van der Waals surface area contributed by atoms with Gasteiger partial charge in [-0.15, -0.1) is 0 Å². The minimum atomic E-state index is -4.45. The number of carbonyl (C=O) groups excluding carboxylic acids is 1. The van der Waals surface area contributed by atoms with Crippen LogP contribution in [0, 0.1) is 0 Å². The van der Waals surface area contributed by atoms with Crippen LogP contribution in [-0.4, -0.2) is 62.4 Å². The highest BCUT2D eigenvalue weighted by Gasteiger charge is 2.31. The number of halogens is 3. The van der Waals surface area contributed by atoms with Gasteiger partial charge in [0.15, 0.2) is 0 Å². The first-order valence-corrected chi connectivity index (χ1v) is 12.6. The average molecular weight is 530 g/mol. The molecule has 1 aromatic carbocycles. The van der Waals surface area contributed by atoms with Crippen LogP contribution in [0.15, 0.2) is 47.2 Å². The Bertz CT molecular complexity index is 1410. The van der Waals surface area contributed by atoms with Gasteiger partial charge in [0.1, 0.15) is 6.54 Å². The van der Waals surface area contributed by atoms with Gasteiger partial charge in [-0.1, -0.05) is 11.2 Å². The van der Waals surface area contributed by atoms with Gasteiger partial charge in [0.2, 0.25) is 11.7 Å². The van der Waals surface area contributed by atoms with Crippen molar-refractivity contribution in [2.75, 3.05) is 25.5 Å². The Kier molecular flexibility index (Phi) is 7.15. The lowest BCUT2D eigenvalue weighted by atomic mass is 10.0. The molecule has 1 amide bonds. The number of aryl methyl sites for hydroxylation is 1. The van der Waals surface area contributed by atoms with Crippen LogP contribution in [-0.2, 0) is 19.6 Å². The summed E-state index contributed by atoms with van der Waals surface area (Å²) in [7, 11) is 2.08. The summed E-state index contributed by atoms with van der Waals surface area (Å²) >= 11 is 0. The largest absolute Gasteiger partial charge is 0.406 e. The molecule has 0 atom stereocenters. The zero-order chi connectivity index (χ0) is 26.9. The number of carbonyl (C=O) groups is 1. The van der Waals surface area contributed by atoms with E-state index in [0.717, 1.165) is 42.7 Å². The Morgan fingerprint density at radius 2 is 2.00 bits per heavy atom. The second-order valence-corrected chi connectivity index (χ2v) is 9.62. The zero-order valence-electron chi connectivity index (χ0n) is 21.3. The molecular weight excluding hydrogens is 499 g/mol. The summed E-state index contributed by atoms with van der Waals surface area (Å²) in [5.41, 5.74) is 1.88. The Labute approximate surface area is 217 Å². The number of nitrogens with one attached hydrogen (secondary N) is 2. The Hall–Kier alpha value is -3.80. The first-order chi connectivity index (χ1) is 18.2. The fraction of sp³-hybridized carbons (Fsp3) is 0.423. The van der Waals surface area contributed by atoms with Gasteiger partial charge < -0.3 is 29.2 Å². The molecule has 0 radical (unpaired) electrons. The van der Waals surface area contributed by atoms with Crippen LogP contribution in [0.4, 0.5) is 18.9 Å². The van der Waals surface area contributed by atoms with E-state index in [0.29, 0.717) is 16.5 Å². The number of hydrogen-bond acceptors (Lipinski definition) is 6. The molecule has 0 bridgehead atoms. The monoisotopic (exact) mass is 529 g/mol. The van der Waals surface area contributed by atoms with Crippen LogP contribution in [0.25, 0.3) is 22.4 Å². The standard InChI is InChI=1S/C26H30F3N7O2/c1-3-35-12-7-17(15-35)25(37)30-14-23-32-24(33-38-23)22-13-19-20(31-18-8-10-34(2)11-9-18)5-4-6-21(19)36(22)16-26(27,28)29/h4-7,12-13,15,18,31H,3,8-11,14,16H2,1-2H3,(H,30,37). The second-order valence-electron chi connectivity index (χ2n) is 9.62. The molecule has 0 saturated carbocycles. The summed E-state index contributed by atoms with van der Waals surface area (Å²) < 4.78 is 49.1. The van der Waals surface area contributed by atoms with E-state index >= 15 is 0 Å². The first-order valence-electron chi connectivity index (χ1n) is 12.6. The molecule has 5 rings (SSSR count). The number of amides is 1. The maximum Gasteiger partial charge on any atom is 0.406 e. The normalized spacial score (nSPS) is 15.3. The van der Waals surface area contributed by atoms with Crippen LogP contribution >= 0.6 is 0 Å². The third-order valence-corrected chi connectivity index (χ3v) is 6.84. The summed E-state index contributed by atoms with van der Waals surface area (Å²) in [5.74, 6) is -0.193. The van der Waals surface area contributed by atoms with Crippen LogP contribution in [0.2, 0.25) is 0 Å². The highest BCUT2D eigenvalue weighted by molar-refractivity contribution is 5.96. The number of likely N-dealkylation sites (tertiary alicyclic amines) is 1. The topological polar surface area (TPSA) is 93.2 Å². The summed E-state index contributed by atoms with van der Waals surface area (Å²) in [6.07, 6.45) is 0.974. The summed E-state index contributed by atoms with van der Waals surface area (Å²) in [5, 5.41) is 10.8. The Morgan fingerprint density at radius 3 is 2.71 bits per heavy atom. The first kappa shape index (κ1) is 25.8. The van der Waals surface area contributed by atoms with Crippen LogP contribution < -0.4 is 10.6 Å². The molecule has 202 valence electrons. The lowest BCUT2D eigenvalue weighted by Gasteiger charge is -2.30. The predicted octanol–water partition coefficient (Wildman–Crippen LogP) is 4.51. The molecule has 1 aliphatic heterocycles. The van der Waals surface area contributed by atoms with Crippen LogP contribution in [0.3, 0.4) is 0 Å². The number of hydrogen-bond donors (Lipinski definition) is 2. The highest BCUT2D eigenvalue weighted by atomic mass is 19.4. The van der Waals surface area contributed by atoms with E-state index in [9.17, 15) is 18.0 Å². The summed E-state index contributed by atoms with van der Waals surface area (Å²) in [4.78, 5) is 19.0. The molecule has 0 aliphatic carbocycles. The fourth-order valence-corrected chi connectivity index (χ4v) is 4.78. The molecule has 1 fully saturated rings. The quantitative estimate of drug-likeness (QED) is 0.349. The van der Waals surface area contributed by atoms with Crippen molar-refractivity contribution in [3.8, 4) is 11.5 Å². The number of piperidine rings is 1. The molecule has 9 nitrogen and oxygen atoms in total. The number of rotatable bonds is 8. The minimum absolute atomic E-state index is 0.0251. The third kappa shape index (κ3) is 5.69. The maximum atomic E-state index is 13.6. The van der Waals surface area contributed by atoms with E-state index in [2.05, 4.69) is 32.7 Å². The molecule has 4 heterocycles. The van der Waals surface area contributed by atoms with Crippen molar-refractivity contribution in [1.82, 2.24) is 29.5 Å². The van der Waals surface area contributed by atoms with Crippen molar-refractivity contribution in [2.45, 2.75) is 51.6 Å². The molecule has 1 aliphatic rings. The van der Waals surface area contributed by atoms with Crippen molar-refractivity contribution in [3.63, 3.8) is 0 Å². The molecule has 2 N–H and O–H groups in total.